The zero-order chi connectivity index (χ0) is 18.5. The van der Waals surface area contributed by atoms with Crippen LogP contribution in [0.4, 0.5) is 5.69 Å². The molecule has 7 nitrogen and oxygen atoms in total. The Labute approximate surface area is 148 Å². The summed E-state index contributed by atoms with van der Waals surface area (Å²) in [6.45, 7) is 1.37. The lowest BCUT2D eigenvalue weighted by Gasteiger charge is -2.02. The smallest absolute Gasteiger partial charge is 0.439 e. The molecule has 3 aromatic rings. The van der Waals surface area contributed by atoms with Gasteiger partial charge in [0, 0.05) is 12.1 Å². The summed E-state index contributed by atoms with van der Waals surface area (Å²) >= 11 is 0. The normalized spacial score (nSPS) is 11.8. The van der Waals surface area contributed by atoms with Crippen LogP contribution in [0.2, 0.25) is 0 Å². The number of H-pyrrole nitrogens is 1. The molecule has 7 heteroatoms. The Morgan fingerprint density at radius 1 is 1.15 bits per heavy atom. The van der Waals surface area contributed by atoms with Crippen LogP contribution < -0.4 is 15.4 Å². The molecular weight excluding hydrogens is 334 g/mol. The number of allylic oxidation sites excluding steroid dienone is 1. The Morgan fingerprint density at radius 3 is 2.50 bits per heavy atom. The van der Waals surface area contributed by atoms with Crippen LogP contribution >= 0.6 is 0 Å². The summed E-state index contributed by atoms with van der Waals surface area (Å²) in [6.07, 6.45) is 2.86. The first-order valence-electron chi connectivity index (χ1n) is 7.78. The molecule has 0 atom stereocenters. The molecule has 0 spiro atoms. The first-order valence-corrected chi connectivity index (χ1v) is 7.78. The maximum atomic E-state index is 12.5. The lowest BCUT2D eigenvalue weighted by Crippen LogP contribution is -2.40. The number of nitrogens with one attached hydrogen (secondary N) is 1. The Morgan fingerprint density at radius 2 is 1.85 bits per heavy atom. The van der Waals surface area contributed by atoms with E-state index in [0.29, 0.717) is 11.4 Å². The van der Waals surface area contributed by atoms with Gasteiger partial charge in [-0.3, -0.25) is 14.3 Å². The first-order chi connectivity index (χ1) is 12.5. The number of benzene rings is 2. The van der Waals surface area contributed by atoms with Crippen LogP contribution in [-0.2, 0) is 0 Å². The molecule has 130 valence electrons. The number of carbonyl (C=O) groups is 1. The molecule has 0 radical (unpaired) electrons. The van der Waals surface area contributed by atoms with Gasteiger partial charge in [-0.05, 0) is 46.5 Å². The van der Waals surface area contributed by atoms with Gasteiger partial charge in [-0.2, -0.15) is 0 Å². The minimum atomic E-state index is -0.751. The zero-order valence-corrected chi connectivity index (χ0v) is 13.9. The van der Waals surface area contributed by atoms with E-state index in [0.717, 1.165) is 5.56 Å². The van der Waals surface area contributed by atoms with E-state index in [1.165, 1.54) is 17.7 Å². The predicted octanol–water partition coefficient (Wildman–Crippen LogP) is 1.55. The average Bonchev–Trinajstić information content (AvgIpc) is 3.03. The second-order valence-electron chi connectivity index (χ2n) is 5.42. The summed E-state index contributed by atoms with van der Waals surface area (Å²) in [6, 6.07) is 15.6. The molecule has 3 rings (SSSR count). The van der Waals surface area contributed by atoms with Crippen molar-refractivity contribution in [3.63, 3.8) is 0 Å². The highest BCUT2D eigenvalue weighted by Crippen LogP contribution is 2.14. The topological polar surface area (TPSA) is 102 Å². The lowest BCUT2D eigenvalue weighted by molar-refractivity contribution is -0.672. The van der Waals surface area contributed by atoms with Crippen molar-refractivity contribution in [3.8, 4) is 5.69 Å². The van der Waals surface area contributed by atoms with Crippen molar-refractivity contribution >= 4 is 23.4 Å². The number of aliphatic imine (C=N–C) groups is 1. The van der Waals surface area contributed by atoms with E-state index < -0.39 is 11.4 Å². The van der Waals surface area contributed by atoms with Crippen molar-refractivity contribution in [2.24, 2.45) is 4.99 Å². The predicted molar refractivity (Wildman–Crippen MR) is 93.4 cm³/mol. The molecule has 0 bridgehead atoms. The molecule has 0 saturated carbocycles. The third kappa shape index (κ3) is 3.84. The molecular formula is C19H15N3O4. The van der Waals surface area contributed by atoms with Gasteiger partial charge in [0.2, 0.25) is 5.69 Å². The quantitative estimate of drug-likeness (QED) is 0.248. The van der Waals surface area contributed by atoms with E-state index in [4.69, 9.17) is 4.52 Å². The zero-order valence-electron chi connectivity index (χ0n) is 13.9. The van der Waals surface area contributed by atoms with Crippen LogP contribution in [0, 0.1) is 0 Å². The summed E-state index contributed by atoms with van der Waals surface area (Å²) in [5.41, 5.74) is 0.987. The first kappa shape index (κ1) is 17.1. The molecule has 2 aromatic carbocycles. The van der Waals surface area contributed by atoms with Gasteiger partial charge in [-0.15, -0.1) is 0 Å². The number of para-hydroxylation sites is 1. The van der Waals surface area contributed by atoms with Crippen molar-refractivity contribution in [3.05, 3.63) is 82.4 Å². The molecule has 1 N–H and O–H groups in total. The Kier molecular flexibility index (Phi) is 4.89. The Balaban J connectivity index is 1.85. The van der Waals surface area contributed by atoms with E-state index in [1.807, 2.05) is 6.07 Å². The maximum Gasteiger partial charge on any atom is 0.439 e. The fourth-order valence-corrected chi connectivity index (χ4v) is 2.33. The lowest BCUT2D eigenvalue weighted by atomic mass is 10.1. The highest BCUT2D eigenvalue weighted by molar-refractivity contribution is 6.04. The minimum Gasteiger partial charge on any atom is -0.862 e. The van der Waals surface area contributed by atoms with E-state index in [1.54, 1.807) is 54.6 Å². The van der Waals surface area contributed by atoms with Gasteiger partial charge in [-0.25, -0.2) is 4.79 Å². The maximum absolute atomic E-state index is 12.5. The van der Waals surface area contributed by atoms with Gasteiger partial charge in [-0.1, -0.05) is 36.4 Å². The van der Waals surface area contributed by atoms with Crippen LogP contribution in [0.1, 0.15) is 23.0 Å². The summed E-state index contributed by atoms with van der Waals surface area (Å²) in [5, 5.41) is 13.4. The molecule has 0 fully saturated rings. The van der Waals surface area contributed by atoms with E-state index in [-0.39, 0.29) is 11.6 Å². The second kappa shape index (κ2) is 7.43. The van der Waals surface area contributed by atoms with Crippen LogP contribution in [0.25, 0.3) is 11.8 Å². The van der Waals surface area contributed by atoms with Gasteiger partial charge in [0.1, 0.15) is 0 Å². The monoisotopic (exact) mass is 349 g/mol. The number of hydrogen-bond acceptors (Lipinski definition) is 5. The number of ketones is 1. The number of aromatic amines is 1. The van der Waals surface area contributed by atoms with Gasteiger partial charge in [0.25, 0.3) is 5.78 Å². The summed E-state index contributed by atoms with van der Waals surface area (Å²) in [5.74, 6) is -0.783. The van der Waals surface area contributed by atoms with E-state index in [2.05, 4.69) is 10.3 Å². The molecule has 0 unspecified atom stereocenters. The van der Waals surface area contributed by atoms with Gasteiger partial charge >= 0.3 is 11.3 Å². The van der Waals surface area contributed by atoms with Crippen molar-refractivity contribution in [1.82, 2.24) is 5.27 Å². The van der Waals surface area contributed by atoms with Crippen LogP contribution in [-0.4, -0.2) is 17.0 Å². The largest absolute Gasteiger partial charge is 0.862 e. The van der Waals surface area contributed by atoms with Crippen LogP contribution in [0.3, 0.4) is 0 Å². The molecule has 26 heavy (non-hydrogen) atoms. The third-order valence-corrected chi connectivity index (χ3v) is 3.50. The highest BCUT2D eigenvalue weighted by atomic mass is 16.5. The average molecular weight is 349 g/mol. The SMILES string of the molecule is CC([O-])=Nc1ccc(/C=C/C(=O)c2c(=O)o[nH][n+]2-c2ccccc2)cc1. The third-order valence-electron chi connectivity index (χ3n) is 3.50. The van der Waals surface area contributed by atoms with Crippen molar-refractivity contribution in [2.45, 2.75) is 6.92 Å². The van der Waals surface area contributed by atoms with Crippen LogP contribution in [0.15, 0.2) is 75.0 Å². The van der Waals surface area contributed by atoms with Gasteiger partial charge in [0.15, 0.2) is 0 Å². The molecule has 0 aliphatic heterocycles. The van der Waals surface area contributed by atoms with Gasteiger partial charge in [0.05, 0.1) is 5.69 Å². The summed E-state index contributed by atoms with van der Waals surface area (Å²) in [4.78, 5) is 28.2. The standard InChI is InChI=1S/C19H15N3O4/c1-13(23)20-15-10-7-14(8-11-15)9-12-17(24)18-19(25)26-21-22(18)16-5-3-2-4-6-16/h2-12H,1H3,(H-,20,21,23,24,25). The Bertz CT molecular complexity index is 1020. The summed E-state index contributed by atoms with van der Waals surface area (Å²) in [7, 11) is 0. The highest BCUT2D eigenvalue weighted by Gasteiger charge is 2.28. The molecule has 1 heterocycles. The van der Waals surface area contributed by atoms with E-state index in [9.17, 15) is 14.7 Å². The number of carbonyl (C=O) groups excluding carboxylic acids is 1. The molecule has 1 aromatic heterocycles. The second-order valence-corrected chi connectivity index (χ2v) is 5.42. The number of nitrogens with zero attached hydrogens (tertiary/aromatic N) is 2. The van der Waals surface area contributed by atoms with Gasteiger partial charge < -0.3 is 5.11 Å². The molecule has 0 saturated heterocycles. The van der Waals surface area contributed by atoms with Crippen molar-refractivity contribution < 1.29 is 19.1 Å². The molecule has 0 aliphatic carbocycles. The van der Waals surface area contributed by atoms with Crippen LogP contribution in [0.5, 0.6) is 0 Å². The molecule has 0 amide bonds. The molecule has 0 aliphatic rings. The fraction of sp³-hybridized carbons (Fsp3) is 0.0526. The van der Waals surface area contributed by atoms with Crippen molar-refractivity contribution in [2.75, 3.05) is 0 Å². The number of aromatic nitrogens is 2. The minimum absolute atomic E-state index is 0.129. The van der Waals surface area contributed by atoms with Crippen molar-refractivity contribution in [1.29, 1.82) is 0 Å². The van der Waals surface area contributed by atoms with E-state index >= 15 is 0 Å². The Hall–Kier alpha value is -3.74. The number of rotatable bonds is 5. The summed E-state index contributed by atoms with van der Waals surface area (Å²) < 4.78 is 6.05. The fourth-order valence-electron chi connectivity index (χ4n) is 2.33. The number of hydrogen-bond donors (Lipinski definition) is 1.